The highest BCUT2D eigenvalue weighted by Gasteiger charge is 2.19. The summed E-state index contributed by atoms with van der Waals surface area (Å²) in [7, 11) is 0. The Morgan fingerprint density at radius 1 is 1.06 bits per heavy atom. The molecule has 0 fully saturated rings. The first-order chi connectivity index (χ1) is 8.33. The average molecular weight is 262 g/mol. The molecule has 0 spiro atoms. The van der Waals surface area contributed by atoms with Crippen LogP contribution in [0.15, 0.2) is 53.4 Å². The molecule has 3 rings (SSSR count). The molecule has 17 heavy (non-hydrogen) atoms. The van der Waals surface area contributed by atoms with E-state index in [2.05, 4.69) is 41.7 Å². The van der Waals surface area contributed by atoms with Crippen LogP contribution in [0.4, 0.5) is 5.69 Å². The van der Waals surface area contributed by atoms with Crippen molar-refractivity contribution in [3.63, 3.8) is 0 Å². The Kier molecular flexibility index (Phi) is 3.00. The van der Waals surface area contributed by atoms with Gasteiger partial charge < -0.3 is 5.32 Å². The molecule has 1 aliphatic rings. The molecule has 1 heterocycles. The van der Waals surface area contributed by atoms with Gasteiger partial charge >= 0.3 is 0 Å². The average Bonchev–Trinajstić information content (AvgIpc) is 2.39. The van der Waals surface area contributed by atoms with Crippen LogP contribution in [-0.4, -0.2) is 6.54 Å². The Bertz CT molecular complexity index is 524. The number of anilines is 1. The van der Waals surface area contributed by atoms with Gasteiger partial charge in [0.15, 0.2) is 0 Å². The lowest BCUT2D eigenvalue weighted by atomic mass is 10.1. The van der Waals surface area contributed by atoms with Crippen molar-refractivity contribution < 1.29 is 0 Å². The molecule has 3 heteroatoms. The molecular formula is C14H12ClNS. The monoisotopic (exact) mass is 261 g/mol. The van der Waals surface area contributed by atoms with E-state index < -0.39 is 0 Å². The summed E-state index contributed by atoms with van der Waals surface area (Å²) >= 11 is 7.82. The first kappa shape index (κ1) is 11.0. The van der Waals surface area contributed by atoms with Gasteiger partial charge in [-0.1, -0.05) is 35.9 Å². The summed E-state index contributed by atoms with van der Waals surface area (Å²) in [5.74, 6) is 0. The minimum Gasteiger partial charge on any atom is -0.383 e. The van der Waals surface area contributed by atoms with Crippen LogP contribution in [-0.2, 0) is 0 Å². The van der Waals surface area contributed by atoms with Crippen molar-refractivity contribution in [1.29, 1.82) is 0 Å². The first-order valence-electron chi connectivity index (χ1n) is 5.58. The molecule has 1 atom stereocenters. The number of nitrogens with one attached hydrogen (secondary N) is 1. The van der Waals surface area contributed by atoms with Crippen molar-refractivity contribution in [1.82, 2.24) is 0 Å². The van der Waals surface area contributed by atoms with Crippen molar-refractivity contribution >= 4 is 29.1 Å². The van der Waals surface area contributed by atoms with E-state index in [1.807, 2.05) is 23.9 Å². The third-order valence-corrected chi connectivity index (χ3v) is 4.46. The largest absolute Gasteiger partial charge is 0.383 e. The third kappa shape index (κ3) is 2.28. The van der Waals surface area contributed by atoms with Gasteiger partial charge in [-0.25, -0.2) is 0 Å². The maximum Gasteiger partial charge on any atom is 0.0517 e. The molecule has 0 aliphatic carbocycles. The van der Waals surface area contributed by atoms with Crippen LogP contribution in [0.5, 0.6) is 0 Å². The zero-order valence-corrected chi connectivity index (χ0v) is 10.8. The first-order valence-corrected chi connectivity index (χ1v) is 6.84. The molecule has 0 saturated carbocycles. The SMILES string of the molecule is Clc1ccc([C@@H]2CNc3ccccc3S2)cc1. The number of benzene rings is 2. The smallest absolute Gasteiger partial charge is 0.0517 e. The molecule has 0 unspecified atom stereocenters. The second-order valence-electron chi connectivity index (χ2n) is 4.04. The van der Waals surface area contributed by atoms with Crippen molar-refractivity contribution in [3.8, 4) is 0 Å². The van der Waals surface area contributed by atoms with Crippen molar-refractivity contribution in [2.75, 3.05) is 11.9 Å². The number of hydrogen-bond acceptors (Lipinski definition) is 2. The summed E-state index contributed by atoms with van der Waals surface area (Å²) in [6.07, 6.45) is 0. The lowest BCUT2D eigenvalue weighted by Gasteiger charge is -2.25. The molecule has 1 N–H and O–H groups in total. The Hall–Kier alpha value is -1.12. The van der Waals surface area contributed by atoms with E-state index in [0.717, 1.165) is 11.6 Å². The van der Waals surface area contributed by atoms with Gasteiger partial charge in [-0.05, 0) is 29.8 Å². The number of thioether (sulfide) groups is 1. The minimum atomic E-state index is 0.460. The number of halogens is 1. The zero-order valence-electron chi connectivity index (χ0n) is 9.19. The number of para-hydroxylation sites is 1. The quantitative estimate of drug-likeness (QED) is 0.805. The normalized spacial score (nSPS) is 18.3. The Balaban J connectivity index is 1.86. The molecule has 1 nitrogen and oxygen atoms in total. The lowest BCUT2D eigenvalue weighted by Crippen LogP contribution is -2.14. The predicted octanol–water partition coefficient (Wildman–Crippen LogP) is 4.60. The molecular weight excluding hydrogens is 250 g/mol. The van der Waals surface area contributed by atoms with Gasteiger partial charge in [-0.2, -0.15) is 0 Å². The maximum absolute atomic E-state index is 5.91. The van der Waals surface area contributed by atoms with E-state index in [0.29, 0.717) is 5.25 Å². The standard InChI is InChI=1S/C14H12ClNS/c15-11-7-5-10(6-8-11)14-9-16-12-3-1-2-4-13(12)17-14/h1-8,14,16H,9H2/t14-/m0/s1. The minimum absolute atomic E-state index is 0.460. The third-order valence-electron chi connectivity index (χ3n) is 2.88. The summed E-state index contributed by atoms with van der Waals surface area (Å²) in [4.78, 5) is 1.32. The van der Waals surface area contributed by atoms with Crippen LogP contribution >= 0.6 is 23.4 Å². The molecule has 0 aromatic heterocycles. The second kappa shape index (κ2) is 4.63. The molecule has 0 bridgehead atoms. The van der Waals surface area contributed by atoms with Crippen LogP contribution in [0, 0.1) is 0 Å². The molecule has 0 amide bonds. The van der Waals surface area contributed by atoms with Gasteiger partial charge in [0.05, 0.1) is 5.25 Å². The second-order valence-corrected chi connectivity index (χ2v) is 5.72. The van der Waals surface area contributed by atoms with Gasteiger partial charge in [-0.3, -0.25) is 0 Å². The molecule has 86 valence electrons. The Labute approximate surface area is 110 Å². The zero-order chi connectivity index (χ0) is 11.7. The van der Waals surface area contributed by atoms with Gasteiger partial charge in [-0.15, -0.1) is 11.8 Å². The van der Waals surface area contributed by atoms with Crippen LogP contribution in [0.1, 0.15) is 10.8 Å². The molecule has 1 aliphatic heterocycles. The molecule has 2 aromatic carbocycles. The van der Waals surface area contributed by atoms with E-state index in [1.54, 1.807) is 0 Å². The highest BCUT2D eigenvalue weighted by Crippen LogP contribution is 2.42. The van der Waals surface area contributed by atoms with Crippen LogP contribution in [0.25, 0.3) is 0 Å². The van der Waals surface area contributed by atoms with Gasteiger partial charge in [0.25, 0.3) is 0 Å². The predicted molar refractivity (Wildman–Crippen MR) is 75.0 cm³/mol. The summed E-state index contributed by atoms with van der Waals surface area (Å²) < 4.78 is 0. The fourth-order valence-electron chi connectivity index (χ4n) is 1.98. The summed E-state index contributed by atoms with van der Waals surface area (Å²) in [6.45, 7) is 0.962. The summed E-state index contributed by atoms with van der Waals surface area (Å²) in [5, 5.41) is 4.73. The lowest BCUT2D eigenvalue weighted by molar-refractivity contribution is 0.964. The van der Waals surface area contributed by atoms with Crippen molar-refractivity contribution in [3.05, 3.63) is 59.1 Å². The molecule has 0 saturated heterocycles. The maximum atomic E-state index is 5.91. The van der Waals surface area contributed by atoms with Crippen molar-refractivity contribution in [2.24, 2.45) is 0 Å². The van der Waals surface area contributed by atoms with Gasteiger partial charge in [0, 0.05) is 22.2 Å². The molecule has 2 aromatic rings. The van der Waals surface area contributed by atoms with E-state index in [-0.39, 0.29) is 0 Å². The van der Waals surface area contributed by atoms with E-state index >= 15 is 0 Å². The highest BCUT2D eigenvalue weighted by atomic mass is 35.5. The van der Waals surface area contributed by atoms with Crippen LogP contribution in [0.2, 0.25) is 5.02 Å². The van der Waals surface area contributed by atoms with E-state index in [1.165, 1.54) is 16.1 Å². The van der Waals surface area contributed by atoms with Gasteiger partial charge in [0.2, 0.25) is 0 Å². The number of fused-ring (bicyclic) bond motifs is 1. The van der Waals surface area contributed by atoms with Gasteiger partial charge in [0.1, 0.15) is 0 Å². The van der Waals surface area contributed by atoms with E-state index in [9.17, 15) is 0 Å². The Morgan fingerprint density at radius 3 is 2.65 bits per heavy atom. The fraction of sp³-hybridized carbons (Fsp3) is 0.143. The topological polar surface area (TPSA) is 12.0 Å². The Morgan fingerprint density at radius 2 is 1.82 bits per heavy atom. The van der Waals surface area contributed by atoms with Crippen LogP contribution < -0.4 is 5.32 Å². The van der Waals surface area contributed by atoms with E-state index in [4.69, 9.17) is 11.6 Å². The fourth-order valence-corrected chi connectivity index (χ4v) is 3.29. The summed E-state index contributed by atoms with van der Waals surface area (Å²) in [6, 6.07) is 16.6. The van der Waals surface area contributed by atoms with Crippen LogP contribution in [0.3, 0.4) is 0 Å². The highest BCUT2D eigenvalue weighted by molar-refractivity contribution is 7.99. The summed E-state index contributed by atoms with van der Waals surface area (Å²) in [5.41, 5.74) is 2.56. The molecule has 0 radical (unpaired) electrons. The van der Waals surface area contributed by atoms with Crippen molar-refractivity contribution in [2.45, 2.75) is 10.1 Å². The number of hydrogen-bond donors (Lipinski definition) is 1. The number of rotatable bonds is 1.